The second-order valence-corrected chi connectivity index (χ2v) is 16.6. The molecular formula is C44H46N2O11. The number of fused-ring (bicyclic) bond motifs is 7. The number of aromatic carboxylic acids is 1. The predicted octanol–water partition coefficient (Wildman–Crippen LogP) is 5.18. The number of phenols is 1. The van der Waals surface area contributed by atoms with Crippen LogP contribution in [0.5, 0.6) is 5.75 Å². The Morgan fingerprint density at radius 2 is 1.81 bits per heavy atom. The summed E-state index contributed by atoms with van der Waals surface area (Å²) < 4.78 is 6.17. The molecule has 0 spiro atoms. The maximum absolute atomic E-state index is 13.0. The predicted molar refractivity (Wildman–Crippen MR) is 209 cm³/mol. The summed E-state index contributed by atoms with van der Waals surface area (Å²) in [6, 6.07) is 13.8. The Hall–Kier alpha value is -5.37. The number of ketones is 1. The Balaban J connectivity index is 0.980. The average Bonchev–Trinajstić information content (AvgIpc) is 3.46. The number of hydrogen-bond acceptors (Lipinski definition) is 11. The smallest absolute Gasteiger partial charge is 0.336 e. The number of benzene rings is 3. The Kier molecular flexibility index (Phi) is 9.61. The van der Waals surface area contributed by atoms with E-state index in [0.29, 0.717) is 47.1 Å². The second kappa shape index (κ2) is 14.2. The summed E-state index contributed by atoms with van der Waals surface area (Å²) in [5, 5.41) is 61.2. The lowest BCUT2D eigenvalue weighted by molar-refractivity contribution is -0.181. The summed E-state index contributed by atoms with van der Waals surface area (Å²) in [7, 11) is 0. The van der Waals surface area contributed by atoms with Crippen LogP contribution in [0.2, 0.25) is 0 Å². The van der Waals surface area contributed by atoms with E-state index in [1.807, 2.05) is 13.0 Å². The van der Waals surface area contributed by atoms with Gasteiger partial charge in [0, 0.05) is 28.0 Å². The highest BCUT2D eigenvalue weighted by atomic mass is 16.6. The first-order valence-electron chi connectivity index (χ1n) is 19.5. The zero-order valence-corrected chi connectivity index (χ0v) is 31.8. The Bertz CT molecular complexity index is 2400. The molecule has 1 amide bonds. The molecule has 1 heterocycles. The van der Waals surface area contributed by atoms with Gasteiger partial charge in [-0.1, -0.05) is 42.8 Å². The fourth-order valence-electron chi connectivity index (χ4n) is 11.1. The molecule has 3 unspecified atom stereocenters. The summed E-state index contributed by atoms with van der Waals surface area (Å²) in [4.78, 5) is 55.9. The van der Waals surface area contributed by atoms with Crippen molar-refractivity contribution in [2.45, 2.75) is 77.0 Å². The number of aliphatic hydroxyl groups is 3. The van der Waals surface area contributed by atoms with Gasteiger partial charge >= 0.3 is 5.97 Å². The van der Waals surface area contributed by atoms with Crippen molar-refractivity contribution in [3.05, 3.63) is 87.6 Å². The molecule has 7 atom stereocenters. The SMILES string of the molecule is C[C@]12CC/C(=N/OCC(=O)NCc3c(O)ccc4c(-c5ccccc5C(=O)O)c5ccc(=O)cc-5oc34)C=C1CCC1C2[C@@H](O)C[C@@]2(C)C1CC[C@]2(O)C(=O)CO. The van der Waals surface area contributed by atoms with Crippen molar-refractivity contribution in [2.24, 2.45) is 33.7 Å². The molecule has 13 nitrogen and oxygen atoms in total. The largest absolute Gasteiger partial charge is 0.507 e. The quantitative estimate of drug-likeness (QED) is 0.0961. The van der Waals surface area contributed by atoms with Crippen LogP contribution in [0.4, 0.5) is 0 Å². The minimum absolute atomic E-state index is 0.0422. The molecule has 6 aliphatic rings. The summed E-state index contributed by atoms with van der Waals surface area (Å²) >= 11 is 0. The molecule has 2 aromatic rings. The number of carboxylic acid groups (broad SMARTS) is 1. The lowest BCUT2D eigenvalue weighted by Crippen LogP contribution is -2.62. The van der Waals surface area contributed by atoms with E-state index in [9.17, 15) is 44.7 Å². The lowest BCUT2D eigenvalue weighted by atomic mass is 9.45. The van der Waals surface area contributed by atoms with Crippen LogP contribution in [-0.2, 0) is 21.0 Å². The molecule has 1 aliphatic heterocycles. The number of allylic oxidation sites excluding steroid dienone is 2. The zero-order chi connectivity index (χ0) is 40.4. The number of carbonyl (C=O) groups excluding carboxylic acids is 2. The van der Waals surface area contributed by atoms with Gasteiger partial charge < -0.3 is 40.1 Å². The number of aliphatic hydroxyl groups excluding tert-OH is 2. The number of carboxylic acids is 1. The lowest BCUT2D eigenvalue weighted by Gasteiger charge is -2.60. The summed E-state index contributed by atoms with van der Waals surface area (Å²) in [5.74, 6) is -2.11. The number of aromatic hydroxyl groups is 1. The van der Waals surface area contributed by atoms with Gasteiger partial charge in [0.2, 0.25) is 0 Å². The third kappa shape index (κ3) is 6.14. The van der Waals surface area contributed by atoms with E-state index >= 15 is 0 Å². The molecule has 2 aromatic carbocycles. The van der Waals surface area contributed by atoms with Crippen molar-refractivity contribution in [1.82, 2.24) is 5.32 Å². The van der Waals surface area contributed by atoms with Crippen LogP contribution in [0.25, 0.3) is 33.4 Å². The highest BCUT2D eigenvalue weighted by Gasteiger charge is 2.68. The molecule has 0 radical (unpaired) electrons. The maximum Gasteiger partial charge on any atom is 0.336 e. The molecule has 13 heteroatoms. The maximum atomic E-state index is 13.0. The fourth-order valence-corrected chi connectivity index (χ4v) is 11.1. The molecule has 3 fully saturated rings. The van der Waals surface area contributed by atoms with Gasteiger partial charge in [0.25, 0.3) is 5.91 Å². The molecule has 0 aromatic heterocycles. The van der Waals surface area contributed by atoms with Crippen LogP contribution >= 0.6 is 0 Å². The van der Waals surface area contributed by atoms with E-state index in [1.165, 1.54) is 24.3 Å². The van der Waals surface area contributed by atoms with Crippen LogP contribution in [0, 0.1) is 28.6 Å². The second-order valence-electron chi connectivity index (χ2n) is 16.6. The van der Waals surface area contributed by atoms with Gasteiger partial charge in [-0.05, 0) is 110 Å². The number of oxime groups is 1. The van der Waals surface area contributed by atoms with E-state index in [-0.39, 0.29) is 76.2 Å². The molecule has 0 saturated heterocycles. The number of hydrogen-bond donors (Lipinski definition) is 6. The third-order valence-electron chi connectivity index (χ3n) is 13.9. The monoisotopic (exact) mass is 778 g/mol. The Morgan fingerprint density at radius 1 is 1.02 bits per heavy atom. The van der Waals surface area contributed by atoms with E-state index in [4.69, 9.17) is 9.25 Å². The van der Waals surface area contributed by atoms with E-state index in [1.54, 1.807) is 30.3 Å². The highest BCUT2D eigenvalue weighted by Crippen LogP contribution is 2.67. The molecule has 0 bridgehead atoms. The van der Waals surface area contributed by atoms with Crippen molar-refractivity contribution in [3.63, 3.8) is 0 Å². The number of amides is 1. The van der Waals surface area contributed by atoms with Crippen LogP contribution in [0.3, 0.4) is 0 Å². The van der Waals surface area contributed by atoms with Crippen LogP contribution in [0.15, 0.2) is 80.6 Å². The first-order chi connectivity index (χ1) is 27.2. The molecule has 5 aliphatic carbocycles. The molecule has 298 valence electrons. The van der Waals surface area contributed by atoms with Crippen LogP contribution in [-0.4, -0.2) is 73.8 Å². The number of rotatable bonds is 9. The molecule has 3 saturated carbocycles. The van der Waals surface area contributed by atoms with E-state index < -0.39 is 48.0 Å². The Morgan fingerprint density at radius 3 is 2.58 bits per heavy atom. The van der Waals surface area contributed by atoms with E-state index in [0.717, 1.165) is 18.4 Å². The first kappa shape index (κ1) is 38.5. The van der Waals surface area contributed by atoms with Gasteiger partial charge in [-0.3, -0.25) is 14.4 Å². The van der Waals surface area contributed by atoms with Crippen LogP contribution < -0.4 is 10.7 Å². The van der Waals surface area contributed by atoms with E-state index in [2.05, 4.69) is 17.4 Å². The van der Waals surface area contributed by atoms with Crippen molar-refractivity contribution in [3.8, 4) is 28.2 Å². The number of phenolic OH excluding ortho intramolecular Hbond substituents is 1. The number of Topliss-reactive ketones (excluding diaryl/α,β-unsaturated/α-hetero) is 1. The topological polar surface area (TPSA) is 216 Å². The zero-order valence-electron chi connectivity index (χ0n) is 31.8. The normalized spacial score (nSPS) is 30.0. The van der Waals surface area contributed by atoms with Gasteiger partial charge in [0.05, 0.1) is 29.5 Å². The number of nitrogens with zero attached hydrogens (tertiary/aromatic N) is 1. The molecular weight excluding hydrogens is 732 g/mol. The van der Waals surface area contributed by atoms with Gasteiger partial charge in [-0.2, -0.15) is 0 Å². The number of nitrogens with one attached hydrogen (secondary N) is 1. The van der Waals surface area contributed by atoms with Crippen molar-refractivity contribution < 1.29 is 49.2 Å². The van der Waals surface area contributed by atoms with Crippen molar-refractivity contribution >= 4 is 34.3 Å². The standard InChI is InChI=1S/C44H46N2O11/c1-42-15-13-24(17-23(42)7-9-28-32-14-16-44(55,36(51)21-47)43(32,2)19-34(50)39(28)42)46-56-22-37(52)45-20-31-33(49)12-11-30-38(26-5-3-4-6-27(26)41(53)54)29-10-8-25(48)18-35(29)57-40(30)31/h3-6,8,10-12,17-18,28,32,34,39,47,49-50,55H,7,9,13-16,19-22H2,1-2H3,(H,45,52)(H,53,54)/b46-24-/t28?,32?,34-,39?,42-,43-,44-/m0/s1. The minimum atomic E-state index is -1.65. The first-order valence-corrected chi connectivity index (χ1v) is 19.5. The molecule has 6 N–H and O–H groups in total. The van der Waals surface area contributed by atoms with Crippen LogP contribution in [0.1, 0.15) is 74.7 Å². The van der Waals surface area contributed by atoms with Gasteiger partial charge in [-0.25, -0.2) is 4.79 Å². The Labute approximate surface area is 328 Å². The van der Waals surface area contributed by atoms with Gasteiger partial charge in [-0.15, -0.1) is 0 Å². The van der Waals surface area contributed by atoms with Gasteiger partial charge in [0.15, 0.2) is 17.8 Å². The molecule has 57 heavy (non-hydrogen) atoms. The summed E-state index contributed by atoms with van der Waals surface area (Å²) in [6.07, 6.45) is 5.33. The molecule has 8 rings (SSSR count). The van der Waals surface area contributed by atoms with Gasteiger partial charge in [0.1, 0.15) is 29.3 Å². The minimum Gasteiger partial charge on any atom is -0.507 e. The summed E-state index contributed by atoms with van der Waals surface area (Å²) in [5.41, 5.74) is 0.573. The number of carbonyl (C=O) groups is 3. The summed E-state index contributed by atoms with van der Waals surface area (Å²) in [6.45, 7) is 2.77. The average molecular weight is 779 g/mol. The fraction of sp³-hybridized carbons (Fsp3) is 0.432. The highest BCUT2D eigenvalue weighted by molar-refractivity contribution is 6.08. The van der Waals surface area contributed by atoms with Crippen molar-refractivity contribution in [1.29, 1.82) is 0 Å². The third-order valence-corrected chi connectivity index (χ3v) is 13.9. The van der Waals surface area contributed by atoms with Crippen molar-refractivity contribution in [2.75, 3.05) is 13.2 Å².